The summed E-state index contributed by atoms with van der Waals surface area (Å²) in [5.74, 6) is 0.0544. The molecule has 0 bridgehead atoms. The molecule has 3 nitrogen and oxygen atoms in total. The molecule has 0 amide bonds. The first-order chi connectivity index (χ1) is 9.56. The molecule has 102 valence electrons. The fourth-order valence-electron chi connectivity index (χ4n) is 2.26. The topological polar surface area (TPSA) is 43.8 Å². The zero-order chi connectivity index (χ0) is 14.3. The van der Waals surface area contributed by atoms with Crippen LogP contribution in [0.3, 0.4) is 0 Å². The van der Waals surface area contributed by atoms with Gasteiger partial charge in [-0.3, -0.25) is 0 Å². The van der Waals surface area contributed by atoms with Gasteiger partial charge in [0.15, 0.2) is 0 Å². The van der Waals surface area contributed by atoms with Gasteiger partial charge in [0, 0.05) is 6.07 Å². The number of anilines is 1. The second-order valence-electron chi connectivity index (χ2n) is 4.74. The maximum absolute atomic E-state index is 13.5. The van der Waals surface area contributed by atoms with Gasteiger partial charge in [0.2, 0.25) is 5.95 Å². The Morgan fingerprint density at radius 1 is 1.30 bits per heavy atom. The van der Waals surface area contributed by atoms with Crippen LogP contribution < -0.4 is 5.73 Å². The molecule has 0 aliphatic heterocycles. The van der Waals surface area contributed by atoms with E-state index in [1.165, 1.54) is 17.2 Å². The number of aromatic nitrogens is 2. The summed E-state index contributed by atoms with van der Waals surface area (Å²) in [6, 6.07) is 11.2. The molecule has 0 fully saturated rings. The molecule has 3 aromatic rings. The van der Waals surface area contributed by atoms with Crippen molar-refractivity contribution in [2.75, 3.05) is 5.73 Å². The van der Waals surface area contributed by atoms with Crippen LogP contribution in [-0.4, -0.2) is 9.55 Å². The molecule has 0 atom stereocenters. The largest absolute Gasteiger partial charge is 0.369 e. The zero-order valence-corrected chi connectivity index (χ0v) is 12.5. The lowest BCUT2D eigenvalue weighted by atomic mass is 10.1. The van der Waals surface area contributed by atoms with Crippen LogP contribution in [0.1, 0.15) is 11.1 Å². The number of halogens is 2. The third kappa shape index (κ3) is 2.18. The van der Waals surface area contributed by atoms with Crippen LogP contribution in [-0.2, 0) is 6.54 Å². The molecule has 0 saturated carbocycles. The minimum absolute atomic E-state index is 0.335. The first kappa shape index (κ1) is 13.1. The second kappa shape index (κ2) is 4.90. The molecular formula is C15H13BrFN3. The van der Waals surface area contributed by atoms with Crippen LogP contribution >= 0.6 is 15.9 Å². The second-order valence-corrected chi connectivity index (χ2v) is 5.59. The number of fused-ring (bicyclic) bond motifs is 1. The van der Waals surface area contributed by atoms with Crippen LogP contribution in [0, 0.1) is 12.7 Å². The third-order valence-electron chi connectivity index (χ3n) is 3.41. The highest BCUT2D eigenvalue weighted by Crippen LogP contribution is 2.26. The van der Waals surface area contributed by atoms with Crippen LogP contribution in [0.4, 0.5) is 10.3 Å². The predicted octanol–water partition coefficient (Wildman–Crippen LogP) is 3.88. The molecule has 0 saturated heterocycles. The smallest absolute Gasteiger partial charge is 0.201 e. The van der Waals surface area contributed by atoms with E-state index < -0.39 is 0 Å². The Hall–Kier alpha value is -1.88. The van der Waals surface area contributed by atoms with Crippen molar-refractivity contribution in [3.63, 3.8) is 0 Å². The van der Waals surface area contributed by atoms with Gasteiger partial charge in [-0.1, -0.05) is 24.3 Å². The van der Waals surface area contributed by atoms with Crippen molar-refractivity contribution in [1.82, 2.24) is 9.55 Å². The van der Waals surface area contributed by atoms with E-state index in [1.54, 1.807) is 6.07 Å². The first-order valence-corrected chi connectivity index (χ1v) is 7.01. The first-order valence-electron chi connectivity index (χ1n) is 6.21. The maximum atomic E-state index is 13.5. The summed E-state index contributed by atoms with van der Waals surface area (Å²) in [6.45, 7) is 2.67. The molecule has 1 heterocycles. The highest BCUT2D eigenvalue weighted by molar-refractivity contribution is 9.10. The lowest BCUT2D eigenvalue weighted by Gasteiger charge is -2.09. The van der Waals surface area contributed by atoms with E-state index >= 15 is 0 Å². The number of hydrogen-bond acceptors (Lipinski definition) is 2. The van der Waals surface area contributed by atoms with E-state index in [9.17, 15) is 4.39 Å². The summed E-state index contributed by atoms with van der Waals surface area (Å²) in [7, 11) is 0. The molecule has 3 rings (SSSR count). The number of rotatable bonds is 2. The number of nitrogens with zero attached hydrogens (tertiary/aromatic N) is 2. The van der Waals surface area contributed by atoms with Crippen LogP contribution in [0.5, 0.6) is 0 Å². The van der Waals surface area contributed by atoms with E-state index in [0.717, 1.165) is 5.52 Å². The molecule has 2 aromatic carbocycles. The molecule has 5 heteroatoms. The Labute approximate surface area is 124 Å². The fourth-order valence-corrected chi connectivity index (χ4v) is 2.59. The number of nitrogen functional groups attached to an aromatic ring is 1. The minimum atomic E-state index is -0.335. The zero-order valence-electron chi connectivity index (χ0n) is 10.9. The SMILES string of the molecule is Cc1ccccc1Cn1c(N)nc2cc(F)c(Br)cc21. The minimum Gasteiger partial charge on any atom is -0.369 e. The van der Waals surface area contributed by atoms with E-state index in [-0.39, 0.29) is 5.82 Å². The summed E-state index contributed by atoms with van der Waals surface area (Å²) >= 11 is 3.20. The lowest BCUT2D eigenvalue weighted by molar-refractivity contribution is 0.622. The average molecular weight is 334 g/mol. The van der Waals surface area contributed by atoms with Gasteiger partial charge in [0.05, 0.1) is 22.1 Å². The van der Waals surface area contributed by atoms with Gasteiger partial charge >= 0.3 is 0 Å². The van der Waals surface area contributed by atoms with Gasteiger partial charge in [-0.25, -0.2) is 9.37 Å². The Kier molecular flexibility index (Phi) is 3.22. The monoisotopic (exact) mass is 333 g/mol. The van der Waals surface area contributed by atoms with Crippen molar-refractivity contribution in [3.8, 4) is 0 Å². The summed E-state index contributed by atoms with van der Waals surface area (Å²) in [6.07, 6.45) is 0. The van der Waals surface area contributed by atoms with Gasteiger partial charge in [-0.2, -0.15) is 0 Å². The summed E-state index contributed by atoms with van der Waals surface area (Å²) in [5.41, 5.74) is 9.71. The fraction of sp³-hybridized carbons (Fsp3) is 0.133. The van der Waals surface area contributed by atoms with Gasteiger partial charge in [0.25, 0.3) is 0 Å². The number of imidazole rings is 1. The summed E-state index contributed by atoms with van der Waals surface area (Å²) in [5, 5.41) is 0. The molecule has 20 heavy (non-hydrogen) atoms. The molecule has 1 aromatic heterocycles. The molecule has 0 aliphatic carbocycles. The Bertz CT molecular complexity index is 795. The summed E-state index contributed by atoms with van der Waals surface area (Å²) in [4.78, 5) is 4.22. The van der Waals surface area contributed by atoms with Crippen LogP contribution in [0.2, 0.25) is 0 Å². The normalized spacial score (nSPS) is 11.2. The predicted molar refractivity (Wildman–Crippen MR) is 82.1 cm³/mol. The van der Waals surface area contributed by atoms with Crippen LogP contribution in [0.25, 0.3) is 11.0 Å². The molecule has 0 unspecified atom stereocenters. The maximum Gasteiger partial charge on any atom is 0.201 e. The van der Waals surface area contributed by atoms with E-state index in [1.807, 2.05) is 16.7 Å². The van der Waals surface area contributed by atoms with Gasteiger partial charge in [-0.15, -0.1) is 0 Å². The van der Waals surface area contributed by atoms with E-state index in [2.05, 4.69) is 40.0 Å². The number of aryl methyl sites for hydroxylation is 1. The van der Waals surface area contributed by atoms with Gasteiger partial charge in [-0.05, 0) is 40.0 Å². The van der Waals surface area contributed by atoms with Crippen molar-refractivity contribution in [2.24, 2.45) is 0 Å². The molecule has 2 N–H and O–H groups in total. The van der Waals surface area contributed by atoms with Gasteiger partial charge in [0.1, 0.15) is 5.82 Å². The summed E-state index contributed by atoms with van der Waals surface area (Å²) < 4.78 is 15.8. The van der Waals surface area contributed by atoms with Crippen molar-refractivity contribution in [1.29, 1.82) is 0 Å². The number of nitrogens with two attached hydrogens (primary N) is 1. The van der Waals surface area contributed by atoms with Crippen molar-refractivity contribution in [2.45, 2.75) is 13.5 Å². The Balaban J connectivity index is 2.14. The average Bonchev–Trinajstić information content (AvgIpc) is 2.69. The Morgan fingerprint density at radius 3 is 2.80 bits per heavy atom. The molecule has 0 aliphatic rings. The van der Waals surface area contributed by atoms with Gasteiger partial charge < -0.3 is 10.3 Å². The van der Waals surface area contributed by atoms with E-state index in [4.69, 9.17) is 5.73 Å². The van der Waals surface area contributed by atoms with Crippen molar-refractivity contribution < 1.29 is 4.39 Å². The quantitative estimate of drug-likeness (QED) is 0.773. The van der Waals surface area contributed by atoms with E-state index in [0.29, 0.717) is 22.5 Å². The lowest BCUT2D eigenvalue weighted by Crippen LogP contribution is -2.05. The highest BCUT2D eigenvalue weighted by Gasteiger charge is 2.12. The standard InChI is InChI=1S/C15H13BrFN3/c1-9-4-2-3-5-10(9)8-20-14-6-11(16)12(17)7-13(14)19-15(20)18/h2-7H,8H2,1H3,(H2,18,19). The molecule has 0 radical (unpaired) electrons. The molecule has 0 spiro atoms. The Morgan fingerprint density at radius 2 is 2.05 bits per heavy atom. The van der Waals surface area contributed by atoms with Crippen molar-refractivity contribution in [3.05, 3.63) is 57.8 Å². The van der Waals surface area contributed by atoms with Crippen molar-refractivity contribution >= 4 is 32.9 Å². The third-order valence-corrected chi connectivity index (χ3v) is 4.02. The molecular weight excluding hydrogens is 321 g/mol. The highest BCUT2D eigenvalue weighted by atomic mass is 79.9. The number of benzene rings is 2. The number of hydrogen-bond donors (Lipinski definition) is 1. The van der Waals surface area contributed by atoms with Crippen LogP contribution in [0.15, 0.2) is 40.9 Å².